The van der Waals surface area contributed by atoms with Crippen LogP contribution in [0.2, 0.25) is 0 Å². The fourth-order valence-electron chi connectivity index (χ4n) is 1.49. The molecule has 0 spiro atoms. The maximum Gasteiger partial charge on any atom is 0.128 e. The molecule has 0 aliphatic heterocycles. The van der Waals surface area contributed by atoms with E-state index in [2.05, 4.69) is 9.88 Å². The molecule has 1 aromatic heterocycles. The molecule has 0 saturated carbocycles. The zero-order valence-corrected chi connectivity index (χ0v) is 9.76. The van der Waals surface area contributed by atoms with Crippen LogP contribution in [0.5, 0.6) is 0 Å². The normalized spacial score (nSPS) is 10.4. The summed E-state index contributed by atoms with van der Waals surface area (Å²) in [5, 5.41) is 17.5. The van der Waals surface area contributed by atoms with Crippen LogP contribution in [0, 0.1) is 0 Å². The minimum Gasteiger partial charge on any atom is -0.396 e. The molecular weight excluding hydrogens is 204 g/mol. The largest absolute Gasteiger partial charge is 0.396 e. The van der Waals surface area contributed by atoms with Crippen LogP contribution in [0.4, 0.5) is 5.82 Å². The molecular formula is C12H20N2O2. The molecule has 1 rings (SSSR count). The Morgan fingerprint density at radius 1 is 1.19 bits per heavy atom. The van der Waals surface area contributed by atoms with Gasteiger partial charge in [0.05, 0.1) is 6.61 Å². The summed E-state index contributed by atoms with van der Waals surface area (Å²) in [7, 11) is 2.00. The van der Waals surface area contributed by atoms with Crippen molar-refractivity contribution < 1.29 is 10.2 Å². The molecule has 0 atom stereocenters. The summed E-state index contributed by atoms with van der Waals surface area (Å²) >= 11 is 0. The van der Waals surface area contributed by atoms with Gasteiger partial charge in [0.2, 0.25) is 0 Å². The Balaban J connectivity index is 2.37. The smallest absolute Gasteiger partial charge is 0.128 e. The Kier molecular flexibility index (Phi) is 5.82. The zero-order chi connectivity index (χ0) is 11.8. The molecule has 4 heteroatoms. The molecule has 2 N–H and O–H groups in total. The van der Waals surface area contributed by atoms with Gasteiger partial charge in [-0.1, -0.05) is 6.07 Å². The second-order valence-electron chi connectivity index (χ2n) is 3.89. The van der Waals surface area contributed by atoms with Gasteiger partial charge < -0.3 is 15.1 Å². The maximum absolute atomic E-state index is 8.89. The lowest BCUT2D eigenvalue weighted by molar-refractivity contribution is 0.281. The van der Waals surface area contributed by atoms with Crippen LogP contribution in [0.25, 0.3) is 0 Å². The highest BCUT2D eigenvalue weighted by Crippen LogP contribution is 2.10. The van der Waals surface area contributed by atoms with Crippen molar-refractivity contribution in [2.24, 2.45) is 0 Å². The summed E-state index contributed by atoms with van der Waals surface area (Å²) in [6, 6.07) is 3.80. The summed E-state index contributed by atoms with van der Waals surface area (Å²) in [5.41, 5.74) is 0.831. The molecule has 4 nitrogen and oxygen atoms in total. The number of nitrogens with zero attached hydrogens (tertiary/aromatic N) is 2. The molecule has 0 amide bonds. The molecule has 0 unspecified atom stereocenters. The molecule has 0 saturated heterocycles. The molecule has 0 aromatic carbocycles. The van der Waals surface area contributed by atoms with E-state index < -0.39 is 0 Å². The number of aliphatic hydroxyl groups is 2. The van der Waals surface area contributed by atoms with E-state index in [1.807, 2.05) is 19.2 Å². The number of hydrogen-bond acceptors (Lipinski definition) is 4. The lowest BCUT2D eigenvalue weighted by Gasteiger charge is -2.17. The summed E-state index contributed by atoms with van der Waals surface area (Å²) in [6.07, 6.45) is 4.65. The van der Waals surface area contributed by atoms with E-state index in [-0.39, 0.29) is 13.2 Å². The first-order valence-electron chi connectivity index (χ1n) is 5.65. The number of anilines is 1. The molecule has 0 aliphatic carbocycles. The van der Waals surface area contributed by atoms with Crippen LogP contribution in [-0.4, -0.2) is 35.4 Å². The quantitative estimate of drug-likeness (QED) is 0.683. The van der Waals surface area contributed by atoms with Crippen LogP contribution in [-0.2, 0) is 6.61 Å². The SMILES string of the molecule is CN(CCCCCO)c1ccc(CO)cn1. The molecule has 16 heavy (non-hydrogen) atoms. The van der Waals surface area contributed by atoms with Crippen molar-refractivity contribution in [2.75, 3.05) is 25.1 Å². The van der Waals surface area contributed by atoms with Crippen molar-refractivity contribution in [3.05, 3.63) is 23.9 Å². The predicted octanol–water partition coefficient (Wildman–Crippen LogP) is 1.17. The highest BCUT2D eigenvalue weighted by Gasteiger charge is 2.01. The van der Waals surface area contributed by atoms with Gasteiger partial charge >= 0.3 is 0 Å². The lowest BCUT2D eigenvalue weighted by Crippen LogP contribution is -2.19. The van der Waals surface area contributed by atoms with Gasteiger partial charge in [-0.2, -0.15) is 0 Å². The van der Waals surface area contributed by atoms with Gasteiger partial charge in [0.25, 0.3) is 0 Å². The van der Waals surface area contributed by atoms with Crippen molar-refractivity contribution in [3.8, 4) is 0 Å². The maximum atomic E-state index is 8.89. The monoisotopic (exact) mass is 224 g/mol. The molecule has 0 bridgehead atoms. The second kappa shape index (κ2) is 7.19. The van der Waals surface area contributed by atoms with Crippen molar-refractivity contribution >= 4 is 5.82 Å². The average Bonchev–Trinajstić information content (AvgIpc) is 2.34. The first kappa shape index (κ1) is 12.9. The van der Waals surface area contributed by atoms with Crippen molar-refractivity contribution in [3.63, 3.8) is 0 Å². The summed E-state index contributed by atoms with van der Waals surface area (Å²) in [4.78, 5) is 6.35. The number of hydrogen-bond donors (Lipinski definition) is 2. The van der Waals surface area contributed by atoms with Crippen LogP contribution in [0.3, 0.4) is 0 Å². The minimum absolute atomic E-state index is 0.0352. The number of aromatic nitrogens is 1. The number of aliphatic hydroxyl groups excluding tert-OH is 2. The molecule has 1 heterocycles. The average molecular weight is 224 g/mol. The Morgan fingerprint density at radius 2 is 2.00 bits per heavy atom. The van der Waals surface area contributed by atoms with Gasteiger partial charge in [0, 0.05) is 26.4 Å². The van der Waals surface area contributed by atoms with Crippen molar-refractivity contribution in [1.29, 1.82) is 0 Å². The predicted molar refractivity (Wildman–Crippen MR) is 64.4 cm³/mol. The van der Waals surface area contributed by atoms with Gasteiger partial charge in [-0.25, -0.2) is 4.98 Å². The van der Waals surface area contributed by atoms with E-state index in [0.717, 1.165) is 37.2 Å². The topological polar surface area (TPSA) is 56.6 Å². The molecule has 90 valence electrons. The third-order valence-corrected chi connectivity index (χ3v) is 2.53. The van der Waals surface area contributed by atoms with Crippen LogP contribution >= 0.6 is 0 Å². The van der Waals surface area contributed by atoms with Gasteiger partial charge in [-0.3, -0.25) is 0 Å². The van der Waals surface area contributed by atoms with Gasteiger partial charge in [0.1, 0.15) is 5.82 Å². The first-order chi connectivity index (χ1) is 7.77. The van der Waals surface area contributed by atoms with Crippen molar-refractivity contribution in [1.82, 2.24) is 4.98 Å². The second-order valence-corrected chi connectivity index (χ2v) is 3.89. The highest BCUT2D eigenvalue weighted by molar-refractivity contribution is 5.37. The van der Waals surface area contributed by atoms with E-state index in [1.54, 1.807) is 6.20 Å². The summed E-state index contributed by atoms with van der Waals surface area (Å²) in [5.74, 6) is 0.918. The number of rotatable bonds is 7. The molecule has 0 aliphatic rings. The van der Waals surface area contributed by atoms with E-state index in [1.165, 1.54) is 0 Å². The minimum atomic E-state index is 0.0352. The Bertz CT molecular complexity index is 288. The highest BCUT2D eigenvalue weighted by atomic mass is 16.3. The molecule has 0 fully saturated rings. The summed E-state index contributed by atoms with van der Waals surface area (Å²) in [6.45, 7) is 1.24. The van der Waals surface area contributed by atoms with E-state index >= 15 is 0 Å². The van der Waals surface area contributed by atoms with Gasteiger partial charge in [-0.15, -0.1) is 0 Å². The number of pyridine rings is 1. The Morgan fingerprint density at radius 3 is 2.56 bits per heavy atom. The van der Waals surface area contributed by atoms with E-state index in [0.29, 0.717) is 0 Å². The Hall–Kier alpha value is -1.13. The zero-order valence-electron chi connectivity index (χ0n) is 9.76. The fourth-order valence-corrected chi connectivity index (χ4v) is 1.49. The van der Waals surface area contributed by atoms with Gasteiger partial charge in [0.15, 0.2) is 0 Å². The Labute approximate surface area is 96.6 Å². The van der Waals surface area contributed by atoms with Crippen LogP contribution in [0.1, 0.15) is 24.8 Å². The van der Waals surface area contributed by atoms with Crippen LogP contribution in [0.15, 0.2) is 18.3 Å². The van der Waals surface area contributed by atoms with Crippen LogP contribution < -0.4 is 4.90 Å². The number of unbranched alkanes of at least 4 members (excludes halogenated alkanes) is 2. The lowest BCUT2D eigenvalue weighted by atomic mass is 10.2. The standard InChI is InChI=1S/C12H20N2O2/c1-14(7-3-2-4-8-15)12-6-5-11(10-16)9-13-12/h5-6,9,15-16H,2-4,7-8,10H2,1H3. The molecule has 1 aromatic rings. The summed E-state index contributed by atoms with van der Waals surface area (Å²) < 4.78 is 0. The third-order valence-electron chi connectivity index (χ3n) is 2.53. The van der Waals surface area contributed by atoms with E-state index in [4.69, 9.17) is 10.2 Å². The fraction of sp³-hybridized carbons (Fsp3) is 0.583. The van der Waals surface area contributed by atoms with Gasteiger partial charge in [-0.05, 0) is 30.9 Å². The molecule has 0 radical (unpaired) electrons. The van der Waals surface area contributed by atoms with Crippen molar-refractivity contribution in [2.45, 2.75) is 25.9 Å². The first-order valence-corrected chi connectivity index (χ1v) is 5.65. The van der Waals surface area contributed by atoms with E-state index in [9.17, 15) is 0 Å². The third kappa shape index (κ3) is 4.16.